The molecular weight excluding hydrogens is 232 g/mol. The minimum atomic E-state index is 0.973. The minimum Gasteiger partial charge on any atom is -0.297 e. The third kappa shape index (κ3) is 4.19. The summed E-state index contributed by atoms with van der Waals surface area (Å²) in [6, 6.07) is 19.3. The van der Waals surface area contributed by atoms with Crippen LogP contribution in [0.3, 0.4) is 0 Å². The molecule has 19 heavy (non-hydrogen) atoms. The van der Waals surface area contributed by atoms with Crippen LogP contribution < -0.4 is 0 Å². The molecule has 2 nitrogen and oxygen atoms in total. The first-order valence-electron chi connectivity index (χ1n) is 6.63. The zero-order valence-electron chi connectivity index (χ0n) is 12.0. The number of rotatable bonds is 5. The first-order chi connectivity index (χ1) is 9.15. The van der Waals surface area contributed by atoms with Gasteiger partial charge in [0.25, 0.3) is 0 Å². The second-order valence-electron chi connectivity index (χ2n) is 5.30. The highest BCUT2D eigenvalue weighted by Gasteiger charge is 2.02. The summed E-state index contributed by atoms with van der Waals surface area (Å²) >= 11 is 0. The van der Waals surface area contributed by atoms with Crippen LogP contribution in [0.25, 0.3) is 11.1 Å². The van der Waals surface area contributed by atoms with E-state index in [1.54, 1.807) is 0 Å². The number of hydrogen-bond acceptors (Lipinski definition) is 2. The average Bonchev–Trinajstić information content (AvgIpc) is 2.39. The predicted octanol–water partition coefficient (Wildman–Crippen LogP) is 3.30. The minimum absolute atomic E-state index is 0.973. The fourth-order valence-corrected chi connectivity index (χ4v) is 2.28. The summed E-state index contributed by atoms with van der Waals surface area (Å²) in [7, 11) is 6.33. The van der Waals surface area contributed by atoms with Crippen molar-refractivity contribution in [1.29, 1.82) is 0 Å². The summed E-state index contributed by atoms with van der Waals surface area (Å²) in [6.07, 6.45) is 0. The molecule has 0 amide bonds. The van der Waals surface area contributed by atoms with Gasteiger partial charge in [-0.1, -0.05) is 54.6 Å². The summed E-state index contributed by atoms with van der Waals surface area (Å²) in [5, 5.41) is 0. The van der Waals surface area contributed by atoms with Crippen molar-refractivity contribution in [2.75, 3.05) is 27.8 Å². The van der Waals surface area contributed by atoms with E-state index in [2.05, 4.69) is 79.5 Å². The van der Waals surface area contributed by atoms with Gasteiger partial charge in [0.15, 0.2) is 0 Å². The van der Waals surface area contributed by atoms with Crippen molar-refractivity contribution in [3.05, 3.63) is 60.2 Å². The van der Waals surface area contributed by atoms with Crippen LogP contribution in [-0.2, 0) is 6.54 Å². The van der Waals surface area contributed by atoms with Gasteiger partial charge in [-0.25, -0.2) is 0 Å². The van der Waals surface area contributed by atoms with Gasteiger partial charge in [-0.05, 0) is 37.8 Å². The van der Waals surface area contributed by atoms with Crippen LogP contribution in [0.15, 0.2) is 54.6 Å². The van der Waals surface area contributed by atoms with Crippen molar-refractivity contribution in [2.24, 2.45) is 0 Å². The Morgan fingerprint density at radius 1 is 0.737 bits per heavy atom. The molecule has 0 aliphatic carbocycles. The lowest BCUT2D eigenvalue weighted by atomic mass is 10.0. The maximum Gasteiger partial charge on any atom is 0.0501 e. The SMILES string of the molecule is CN(C)CN(C)Cc1ccc(-c2ccccc2)cc1. The first-order valence-corrected chi connectivity index (χ1v) is 6.63. The smallest absolute Gasteiger partial charge is 0.0501 e. The Hall–Kier alpha value is -1.64. The molecule has 0 aliphatic rings. The average molecular weight is 254 g/mol. The normalized spacial score (nSPS) is 11.2. The Balaban J connectivity index is 2.03. The predicted molar refractivity (Wildman–Crippen MR) is 81.9 cm³/mol. The van der Waals surface area contributed by atoms with E-state index in [1.165, 1.54) is 16.7 Å². The molecule has 100 valence electrons. The molecule has 0 bridgehead atoms. The molecule has 0 radical (unpaired) electrons. The van der Waals surface area contributed by atoms with E-state index in [0.717, 1.165) is 13.2 Å². The quantitative estimate of drug-likeness (QED) is 0.755. The summed E-state index contributed by atoms with van der Waals surface area (Å²) in [5.41, 5.74) is 3.90. The van der Waals surface area contributed by atoms with E-state index in [0.29, 0.717) is 0 Å². The van der Waals surface area contributed by atoms with Crippen LogP contribution in [0.4, 0.5) is 0 Å². The Morgan fingerprint density at radius 2 is 1.32 bits per heavy atom. The van der Waals surface area contributed by atoms with Gasteiger partial charge in [0.05, 0.1) is 6.67 Å². The fraction of sp³-hybridized carbons (Fsp3) is 0.294. The van der Waals surface area contributed by atoms with Crippen LogP contribution in [0.2, 0.25) is 0 Å². The van der Waals surface area contributed by atoms with Gasteiger partial charge in [0.1, 0.15) is 0 Å². The van der Waals surface area contributed by atoms with Crippen LogP contribution in [0.1, 0.15) is 5.56 Å². The molecule has 0 spiro atoms. The van der Waals surface area contributed by atoms with Gasteiger partial charge >= 0.3 is 0 Å². The van der Waals surface area contributed by atoms with Crippen molar-refractivity contribution in [3.8, 4) is 11.1 Å². The van der Waals surface area contributed by atoms with Gasteiger partial charge in [-0.2, -0.15) is 0 Å². The second-order valence-corrected chi connectivity index (χ2v) is 5.30. The monoisotopic (exact) mass is 254 g/mol. The van der Waals surface area contributed by atoms with Gasteiger partial charge in [0.2, 0.25) is 0 Å². The lowest BCUT2D eigenvalue weighted by molar-refractivity contribution is 0.204. The lowest BCUT2D eigenvalue weighted by Gasteiger charge is -2.21. The highest BCUT2D eigenvalue weighted by atomic mass is 15.3. The molecule has 0 aromatic heterocycles. The second kappa shape index (κ2) is 6.50. The highest BCUT2D eigenvalue weighted by Crippen LogP contribution is 2.19. The molecule has 2 heteroatoms. The summed E-state index contributed by atoms with van der Waals surface area (Å²) in [6.45, 7) is 1.95. The van der Waals surface area contributed by atoms with E-state index >= 15 is 0 Å². The lowest BCUT2D eigenvalue weighted by Crippen LogP contribution is -2.29. The molecule has 0 atom stereocenters. The van der Waals surface area contributed by atoms with E-state index in [9.17, 15) is 0 Å². The number of hydrogen-bond donors (Lipinski definition) is 0. The van der Waals surface area contributed by atoms with Crippen molar-refractivity contribution >= 4 is 0 Å². The third-order valence-electron chi connectivity index (χ3n) is 3.04. The van der Waals surface area contributed by atoms with Crippen molar-refractivity contribution < 1.29 is 0 Å². The van der Waals surface area contributed by atoms with Crippen LogP contribution in [-0.4, -0.2) is 37.6 Å². The summed E-state index contributed by atoms with van der Waals surface area (Å²) < 4.78 is 0. The largest absolute Gasteiger partial charge is 0.297 e. The Labute approximate surface area is 116 Å². The summed E-state index contributed by atoms with van der Waals surface area (Å²) in [5.74, 6) is 0. The van der Waals surface area contributed by atoms with Gasteiger partial charge in [-0.15, -0.1) is 0 Å². The van der Waals surface area contributed by atoms with E-state index < -0.39 is 0 Å². The molecular formula is C17H22N2. The van der Waals surface area contributed by atoms with E-state index in [4.69, 9.17) is 0 Å². The Bertz CT molecular complexity index is 488. The Kier molecular flexibility index (Phi) is 4.72. The third-order valence-corrected chi connectivity index (χ3v) is 3.04. The molecule has 0 aliphatic heterocycles. The van der Waals surface area contributed by atoms with E-state index in [1.807, 2.05) is 6.07 Å². The van der Waals surface area contributed by atoms with Crippen molar-refractivity contribution in [1.82, 2.24) is 9.80 Å². The standard InChI is InChI=1S/C17H22N2/c1-18(2)14-19(3)13-15-9-11-17(12-10-15)16-7-5-4-6-8-16/h4-12H,13-14H2,1-3H3. The molecule has 2 rings (SSSR count). The molecule has 0 saturated carbocycles. The molecule has 0 fully saturated rings. The van der Waals surface area contributed by atoms with Gasteiger partial charge in [-0.3, -0.25) is 9.80 Å². The maximum atomic E-state index is 2.30. The molecule has 2 aromatic rings. The zero-order valence-corrected chi connectivity index (χ0v) is 12.0. The van der Waals surface area contributed by atoms with Crippen molar-refractivity contribution in [3.63, 3.8) is 0 Å². The van der Waals surface area contributed by atoms with Crippen LogP contribution >= 0.6 is 0 Å². The van der Waals surface area contributed by atoms with Gasteiger partial charge in [0, 0.05) is 6.54 Å². The molecule has 2 aromatic carbocycles. The van der Waals surface area contributed by atoms with Crippen LogP contribution in [0.5, 0.6) is 0 Å². The zero-order chi connectivity index (χ0) is 13.7. The topological polar surface area (TPSA) is 6.48 Å². The van der Waals surface area contributed by atoms with Crippen molar-refractivity contribution in [2.45, 2.75) is 6.54 Å². The number of nitrogens with zero attached hydrogens (tertiary/aromatic N) is 2. The number of benzene rings is 2. The molecule has 0 unspecified atom stereocenters. The van der Waals surface area contributed by atoms with Gasteiger partial charge < -0.3 is 0 Å². The van der Waals surface area contributed by atoms with E-state index in [-0.39, 0.29) is 0 Å². The van der Waals surface area contributed by atoms with Crippen LogP contribution in [0, 0.1) is 0 Å². The fourth-order valence-electron chi connectivity index (χ4n) is 2.28. The molecule has 0 heterocycles. The summed E-state index contributed by atoms with van der Waals surface area (Å²) in [4.78, 5) is 4.48. The first kappa shape index (κ1) is 13.8. The highest BCUT2D eigenvalue weighted by molar-refractivity contribution is 5.63. The Morgan fingerprint density at radius 3 is 1.89 bits per heavy atom. The molecule has 0 saturated heterocycles. The molecule has 0 N–H and O–H groups in total. The maximum absolute atomic E-state index is 2.30.